The molecule has 182 valence electrons. The van der Waals surface area contributed by atoms with E-state index < -0.39 is 23.9 Å². The number of aryl methyl sites for hydroxylation is 2. The van der Waals surface area contributed by atoms with Gasteiger partial charge in [0.25, 0.3) is 5.91 Å². The summed E-state index contributed by atoms with van der Waals surface area (Å²) in [5.74, 6) is -0.603. The molecule has 0 saturated heterocycles. The third-order valence-electron chi connectivity index (χ3n) is 5.49. The van der Waals surface area contributed by atoms with Gasteiger partial charge in [-0.15, -0.1) is 0 Å². The number of aromatic nitrogens is 4. The molecule has 2 aromatic carbocycles. The number of carbonyl (C=O) groups excluding carboxylic acids is 1. The van der Waals surface area contributed by atoms with Gasteiger partial charge >= 0.3 is 0 Å². The fourth-order valence-electron chi connectivity index (χ4n) is 3.78. The van der Waals surface area contributed by atoms with E-state index in [1.165, 1.54) is 13.3 Å². The second-order valence-corrected chi connectivity index (χ2v) is 8.51. The third-order valence-corrected chi connectivity index (χ3v) is 5.83. The summed E-state index contributed by atoms with van der Waals surface area (Å²) in [6.45, 7) is 4.07. The van der Waals surface area contributed by atoms with Gasteiger partial charge in [-0.2, -0.15) is 5.10 Å². The van der Waals surface area contributed by atoms with Gasteiger partial charge in [0.1, 0.15) is 30.0 Å². The minimum Gasteiger partial charge on any atom is -0.487 e. The molecule has 2 atom stereocenters. The summed E-state index contributed by atoms with van der Waals surface area (Å²) >= 11 is 6.34. The molecule has 0 unspecified atom stereocenters. The molecule has 0 spiro atoms. The van der Waals surface area contributed by atoms with E-state index in [0.717, 1.165) is 35.7 Å². The Bertz CT molecular complexity index is 1460. The van der Waals surface area contributed by atoms with Gasteiger partial charge in [-0.25, -0.2) is 23.4 Å². The van der Waals surface area contributed by atoms with Gasteiger partial charge in [0.15, 0.2) is 12.0 Å². The molecule has 0 fully saturated rings. The van der Waals surface area contributed by atoms with Gasteiger partial charge in [0.05, 0.1) is 12.4 Å². The number of nitrogens with one attached hydrogen (secondary N) is 1. The normalized spacial score (nSPS) is 14.3. The molecular weight excluding hydrogens is 476 g/mol. The van der Waals surface area contributed by atoms with Crippen molar-refractivity contribution in [1.82, 2.24) is 25.1 Å². The van der Waals surface area contributed by atoms with Crippen molar-refractivity contribution in [2.75, 3.05) is 0 Å². The zero-order valence-electron chi connectivity index (χ0n) is 20.6. The standard InChI is InChI=1S/C25H24ClF2N5O2/c1-13-8-19(24-29-12-30-33(24)4)17-6-5-7-22(23(17)31-13)35-11-20-18(9-16(28)10-21(20)26)15(3)32-25(34)14(2)27/h5-10,12,14-15H,11H2,1-4H3,(H,32,34)/t14-,15+/m1/s1/i15D. The summed E-state index contributed by atoms with van der Waals surface area (Å²) in [5.41, 5.74) is 2.46. The Kier molecular flexibility index (Phi) is 6.59. The average molecular weight is 501 g/mol. The van der Waals surface area contributed by atoms with Crippen molar-refractivity contribution in [2.24, 2.45) is 7.05 Å². The number of nitrogens with zero attached hydrogens (tertiary/aromatic N) is 4. The third kappa shape index (κ3) is 5.09. The van der Waals surface area contributed by atoms with Crippen LogP contribution in [0.5, 0.6) is 5.75 Å². The first kappa shape index (κ1) is 23.2. The fourth-order valence-corrected chi connectivity index (χ4v) is 4.04. The van der Waals surface area contributed by atoms with Crippen LogP contribution in [0.2, 0.25) is 5.02 Å². The molecule has 0 bridgehead atoms. The van der Waals surface area contributed by atoms with Crippen molar-refractivity contribution >= 4 is 28.4 Å². The Hall–Kier alpha value is -3.59. The van der Waals surface area contributed by atoms with Crippen molar-refractivity contribution < 1.29 is 19.7 Å². The van der Waals surface area contributed by atoms with Gasteiger partial charge in [-0.3, -0.25) is 4.79 Å². The van der Waals surface area contributed by atoms with Crippen LogP contribution in [0.3, 0.4) is 0 Å². The monoisotopic (exact) mass is 500 g/mol. The Morgan fingerprint density at radius 1 is 1.31 bits per heavy atom. The first-order chi connectivity index (χ1) is 17.0. The fraction of sp³-hybridized carbons (Fsp3) is 0.280. The highest BCUT2D eigenvalue weighted by Crippen LogP contribution is 2.34. The van der Waals surface area contributed by atoms with Crippen molar-refractivity contribution in [3.63, 3.8) is 0 Å². The van der Waals surface area contributed by atoms with Gasteiger partial charge in [0.2, 0.25) is 0 Å². The van der Waals surface area contributed by atoms with E-state index in [1.807, 2.05) is 19.1 Å². The number of halogens is 3. The molecule has 1 amide bonds. The van der Waals surface area contributed by atoms with Crippen LogP contribution in [-0.4, -0.2) is 31.8 Å². The lowest BCUT2D eigenvalue weighted by Crippen LogP contribution is -2.33. The summed E-state index contributed by atoms with van der Waals surface area (Å²) < 4.78 is 44.1. The van der Waals surface area contributed by atoms with Crippen molar-refractivity contribution in [3.05, 3.63) is 70.4 Å². The minimum atomic E-state index is -1.87. The number of benzene rings is 2. The summed E-state index contributed by atoms with van der Waals surface area (Å²) in [6, 6.07) is 7.65. The van der Waals surface area contributed by atoms with E-state index in [2.05, 4.69) is 20.4 Å². The zero-order chi connectivity index (χ0) is 26.2. The number of carbonyl (C=O) groups is 1. The molecule has 4 aromatic rings. The highest BCUT2D eigenvalue weighted by atomic mass is 35.5. The van der Waals surface area contributed by atoms with Crippen LogP contribution in [0, 0.1) is 12.7 Å². The molecule has 2 heterocycles. The quantitative estimate of drug-likeness (QED) is 0.375. The predicted molar refractivity (Wildman–Crippen MR) is 129 cm³/mol. The lowest BCUT2D eigenvalue weighted by atomic mass is 10.0. The van der Waals surface area contributed by atoms with E-state index in [4.69, 9.17) is 17.7 Å². The van der Waals surface area contributed by atoms with Gasteiger partial charge in [-0.05, 0) is 50.6 Å². The highest BCUT2D eigenvalue weighted by Gasteiger charge is 2.21. The number of para-hydroxylation sites is 1. The SMILES string of the molecule is [2H][C@@](C)(NC(=O)[C@@H](C)F)c1cc(F)cc(Cl)c1COc1cccc2c(-c3ncnn3C)cc(C)nc12. The number of amides is 1. The van der Waals surface area contributed by atoms with Crippen LogP contribution in [-0.2, 0) is 18.4 Å². The highest BCUT2D eigenvalue weighted by molar-refractivity contribution is 6.31. The Morgan fingerprint density at radius 2 is 2.09 bits per heavy atom. The topological polar surface area (TPSA) is 81.9 Å². The maximum absolute atomic E-state index is 14.2. The first-order valence-electron chi connectivity index (χ1n) is 11.3. The van der Waals surface area contributed by atoms with Crippen molar-refractivity contribution in [3.8, 4) is 17.1 Å². The van der Waals surface area contributed by atoms with Gasteiger partial charge < -0.3 is 10.1 Å². The second-order valence-electron chi connectivity index (χ2n) is 8.10. The zero-order valence-corrected chi connectivity index (χ0v) is 20.3. The van der Waals surface area contributed by atoms with Crippen molar-refractivity contribution in [2.45, 2.75) is 39.6 Å². The summed E-state index contributed by atoms with van der Waals surface area (Å²) in [5, 5.41) is 7.22. The molecule has 0 saturated carbocycles. The molecule has 35 heavy (non-hydrogen) atoms. The Labute approximate surface area is 207 Å². The molecular formula is C25H24ClF2N5O2. The maximum Gasteiger partial charge on any atom is 0.254 e. The maximum atomic E-state index is 14.2. The summed E-state index contributed by atoms with van der Waals surface area (Å²) in [4.78, 5) is 20.9. The minimum absolute atomic E-state index is 0.00942. The van der Waals surface area contributed by atoms with E-state index >= 15 is 0 Å². The number of alkyl halides is 1. The van der Waals surface area contributed by atoms with Crippen LogP contribution < -0.4 is 10.1 Å². The van der Waals surface area contributed by atoms with Crippen molar-refractivity contribution in [1.29, 1.82) is 0 Å². The molecule has 0 aliphatic carbocycles. The number of ether oxygens (including phenoxy) is 1. The molecule has 1 N–H and O–H groups in total. The summed E-state index contributed by atoms with van der Waals surface area (Å²) in [7, 11) is 1.79. The number of fused-ring (bicyclic) bond motifs is 1. The van der Waals surface area contributed by atoms with Crippen LogP contribution in [0.4, 0.5) is 8.78 Å². The molecule has 0 aliphatic heterocycles. The molecule has 7 nitrogen and oxygen atoms in total. The second kappa shape index (κ2) is 9.95. The molecule has 0 aliphatic rings. The number of hydrogen-bond donors (Lipinski definition) is 1. The molecule has 4 rings (SSSR count). The predicted octanol–water partition coefficient (Wildman–Crippen LogP) is 5.25. The van der Waals surface area contributed by atoms with Gasteiger partial charge in [-0.1, -0.05) is 23.7 Å². The molecule has 10 heteroatoms. The van der Waals surface area contributed by atoms with E-state index in [9.17, 15) is 13.6 Å². The van der Waals surface area contributed by atoms with Crippen LogP contribution in [0.25, 0.3) is 22.3 Å². The van der Waals surface area contributed by atoms with Crippen LogP contribution in [0.15, 0.2) is 42.7 Å². The van der Waals surface area contributed by atoms with E-state index in [-0.39, 0.29) is 22.8 Å². The van der Waals surface area contributed by atoms with Crippen LogP contribution >= 0.6 is 11.6 Å². The smallest absolute Gasteiger partial charge is 0.254 e. The lowest BCUT2D eigenvalue weighted by molar-refractivity contribution is -0.126. The average Bonchev–Trinajstić information content (AvgIpc) is 3.22. The Morgan fingerprint density at radius 3 is 2.77 bits per heavy atom. The lowest BCUT2D eigenvalue weighted by Gasteiger charge is -2.20. The van der Waals surface area contributed by atoms with E-state index in [1.54, 1.807) is 23.9 Å². The number of hydrogen-bond acceptors (Lipinski definition) is 5. The molecule has 0 radical (unpaired) electrons. The Balaban J connectivity index is 1.74. The van der Waals surface area contributed by atoms with E-state index in [0.29, 0.717) is 17.1 Å². The number of rotatable bonds is 7. The largest absolute Gasteiger partial charge is 0.487 e. The molecule has 2 aromatic heterocycles. The van der Waals surface area contributed by atoms with Crippen LogP contribution in [0.1, 0.15) is 38.1 Å². The number of pyridine rings is 1. The van der Waals surface area contributed by atoms with Gasteiger partial charge in [0, 0.05) is 29.3 Å². The first-order valence-corrected chi connectivity index (χ1v) is 11.2. The summed E-state index contributed by atoms with van der Waals surface area (Å²) in [6.07, 6.45) is -0.373.